The summed E-state index contributed by atoms with van der Waals surface area (Å²) in [7, 11) is 0. The van der Waals surface area contributed by atoms with Crippen LogP contribution in [0.2, 0.25) is 5.15 Å². The van der Waals surface area contributed by atoms with E-state index in [2.05, 4.69) is 25.3 Å². The van der Waals surface area contributed by atoms with E-state index in [0.29, 0.717) is 0 Å². The Hall–Kier alpha value is -2.16. The fourth-order valence-corrected chi connectivity index (χ4v) is 1.53. The van der Waals surface area contributed by atoms with Crippen LogP contribution in [0.25, 0.3) is 11.5 Å². The summed E-state index contributed by atoms with van der Waals surface area (Å²) < 4.78 is 101. The molecule has 0 saturated carbocycles. The van der Waals surface area contributed by atoms with Crippen LogP contribution in [0.1, 0.15) is 31.7 Å². The second kappa shape index (κ2) is 7.16. The first-order valence-corrected chi connectivity index (χ1v) is 6.67. The van der Waals surface area contributed by atoms with Crippen molar-refractivity contribution in [3.63, 3.8) is 0 Å². The molecule has 0 radical (unpaired) electrons. The topological polar surface area (TPSA) is 75.6 Å². The molecule has 0 saturated heterocycles. The standard InChI is InChI=1S/C14H16ClF3N6/c1-7(2)19-12-22-11(9-5-4-6-10(15)21-9)23-13(24-12)20-8(3)14(16,17)18/h4-8H,1-3H3,(H2,19,20,22,23,24)/t8-/m1/s1/i3D3,4D,5D,6D,7D,8D. The quantitative estimate of drug-likeness (QED) is 0.782. The number of aromatic nitrogens is 4. The number of alkyl halides is 3. The van der Waals surface area contributed by atoms with Gasteiger partial charge in [-0.3, -0.25) is 0 Å². The number of hydrogen-bond donors (Lipinski definition) is 2. The Bertz CT molecular complexity index is 1010. The average molecular weight is 369 g/mol. The van der Waals surface area contributed by atoms with Gasteiger partial charge in [0.1, 0.15) is 16.9 Å². The zero-order valence-electron chi connectivity index (χ0n) is 20.3. The first-order valence-electron chi connectivity index (χ1n) is 10.3. The SMILES string of the molecule is [2H]c1c(Cl)nc(-c2nc(NC([2H])(C)C)nc(N[C@]([2H])(C([2H])([2H])[2H])C(F)(F)F)n2)c([2H])c1[2H]. The fourth-order valence-electron chi connectivity index (χ4n) is 1.40. The normalized spacial score (nSPS) is 20.1. The smallest absolute Gasteiger partial charge is 0.352 e. The second-order valence-corrected chi connectivity index (χ2v) is 4.91. The third-order valence-corrected chi connectivity index (χ3v) is 2.46. The molecular weight excluding hydrogens is 345 g/mol. The molecule has 10 heteroatoms. The van der Waals surface area contributed by atoms with Crippen LogP contribution in [0.3, 0.4) is 0 Å². The summed E-state index contributed by atoms with van der Waals surface area (Å²) in [6, 6.07) is -7.60. The van der Waals surface area contributed by atoms with Crippen molar-refractivity contribution in [2.24, 2.45) is 0 Å². The number of halogens is 4. The molecule has 130 valence electrons. The van der Waals surface area contributed by atoms with Crippen molar-refractivity contribution in [2.75, 3.05) is 10.6 Å². The van der Waals surface area contributed by atoms with Gasteiger partial charge in [0.25, 0.3) is 0 Å². The zero-order chi connectivity index (χ0) is 24.9. The zero-order valence-corrected chi connectivity index (χ0v) is 13.1. The van der Waals surface area contributed by atoms with E-state index < -0.39 is 71.8 Å². The van der Waals surface area contributed by atoms with Gasteiger partial charge >= 0.3 is 6.18 Å². The van der Waals surface area contributed by atoms with Gasteiger partial charge in [-0.2, -0.15) is 28.1 Å². The molecule has 2 rings (SSSR count). The summed E-state index contributed by atoms with van der Waals surface area (Å²) in [5.41, 5.74) is -0.510. The van der Waals surface area contributed by atoms with Gasteiger partial charge in [-0.1, -0.05) is 17.6 Å². The molecule has 24 heavy (non-hydrogen) atoms. The summed E-state index contributed by atoms with van der Waals surface area (Å²) in [6.45, 7) is -1.21. The van der Waals surface area contributed by atoms with Gasteiger partial charge in [0.15, 0.2) is 5.82 Å². The lowest BCUT2D eigenvalue weighted by molar-refractivity contribution is -0.138. The molecule has 2 N–H and O–H groups in total. The van der Waals surface area contributed by atoms with E-state index in [-0.39, 0.29) is 0 Å². The van der Waals surface area contributed by atoms with E-state index in [1.54, 1.807) is 0 Å². The molecule has 0 aliphatic rings. The molecule has 2 aromatic rings. The van der Waals surface area contributed by atoms with Crippen LogP contribution in [0.15, 0.2) is 18.1 Å². The van der Waals surface area contributed by atoms with Crippen molar-refractivity contribution in [3.8, 4) is 11.5 Å². The highest BCUT2D eigenvalue weighted by Gasteiger charge is 2.36. The van der Waals surface area contributed by atoms with Gasteiger partial charge in [-0.05, 0) is 32.8 Å². The van der Waals surface area contributed by atoms with Gasteiger partial charge in [-0.15, -0.1) is 0 Å². The number of pyridine rings is 1. The minimum absolute atomic E-state index is 0.508. The van der Waals surface area contributed by atoms with E-state index in [0.717, 1.165) is 0 Å². The van der Waals surface area contributed by atoms with Crippen LogP contribution in [0, 0.1) is 0 Å². The Labute approximate surface area is 153 Å². The van der Waals surface area contributed by atoms with Gasteiger partial charge in [-0.25, -0.2) is 4.98 Å². The average Bonchev–Trinajstić information content (AvgIpc) is 2.59. The minimum atomic E-state index is -5.59. The van der Waals surface area contributed by atoms with Gasteiger partial charge in [0, 0.05) is 10.1 Å². The lowest BCUT2D eigenvalue weighted by Gasteiger charge is -2.18. The Balaban J connectivity index is 2.75. The molecule has 0 unspecified atom stereocenters. The van der Waals surface area contributed by atoms with Gasteiger partial charge in [0.05, 0.1) is 6.85 Å². The Kier molecular flexibility index (Phi) is 2.98. The van der Waals surface area contributed by atoms with Crippen LogP contribution in [0.4, 0.5) is 25.1 Å². The Morgan fingerprint density at radius 3 is 2.42 bits per heavy atom. The van der Waals surface area contributed by atoms with Crippen molar-refractivity contribution in [2.45, 2.75) is 38.9 Å². The van der Waals surface area contributed by atoms with Crippen molar-refractivity contribution in [1.82, 2.24) is 19.9 Å². The van der Waals surface area contributed by atoms with Crippen molar-refractivity contribution < 1.29 is 24.1 Å². The molecule has 1 atom stereocenters. The lowest BCUT2D eigenvalue weighted by atomic mass is 10.3. The maximum Gasteiger partial charge on any atom is 0.408 e. The van der Waals surface area contributed by atoms with Crippen molar-refractivity contribution >= 4 is 23.5 Å². The number of hydrogen-bond acceptors (Lipinski definition) is 6. The van der Waals surface area contributed by atoms with E-state index >= 15 is 0 Å². The minimum Gasteiger partial charge on any atom is -0.352 e. The molecule has 0 aliphatic heterocycles. The van der Waals surface area contributed by atoms with E-state index in [1.165, 1.54) is 19.2 Å². The highest BCUT2D eigenvalue weighted by Crippen LogP contribution is 2.24. The van der Waals surface area contributed by atoms with Gasteiger partial charge in [0.2, 0.25) is 11.9 Å². The summed E-state index contributed by atoms with van der Waals surface area (Å²) in [6.07, 6.45) is -5.59. The first kappa shape index (κ1) is 9.97. The number of nitrogens with zero attached hydrogens (tertiary/aromatic N) is 4. The summed E-state index contributed by atoms with van der Waals surface area (Å²) >= 11 is 5.77. The maximum absolute atomic E-state index is 13.5. The van der Waals surface area contributed by atoms with Crippen LogP contribution < -0.4 is 10.6 Å². The molecule has 0 aliphatic carbocycles. The molecule has 2 aromatic heterocycles. The molecule has 6 nitrogen and oxygen atoms in total. The van der Waals surface area contributed by atoms with E-state index in [9.17, 15) is 13.2 Å². The molecule has 0 fully saturated rings. The second-order valence-electron chi connectivity index (χ2n) is 4.56. The maximum atomic E-state index is 13.5. The van der Waals surface area contributed by atoms with Crippen molar-refractivity contribution in [1.29, 1.82) is 0 Å². The Morgan fingerprint density at radius 1 is 1.17 bits per heavy atom. The monoisotopic (exact) mass is 368 g/mol. The molecule has 0 spiro atoms. The first-order chi connectivity index (χ1) is 14.3. The van der Waals surface area contributed by atoms with E-state index in [1.807, 2.05) is 0 Å². The largest absolute Gasteiger partial charge is 0.408 e. The predicted octanol–water partition coefficient (Wildman–Crippen LogP) is 3.77. The van der Waals surface area contributed by atoms with Crippen molar-refractivity contribution in [3.05, 3.63) is 23.3 Å². The third-order valence-electron chi connectivity index (χ3n) is 2.29. The summed E-state index contributed by atoms with van der Waals surface area (Å²) in [4.78, 5) is 14.8. The van der Waals surface area contributed by atoms with Gasteiger partial charge < -0.3 is 10.6 Å². The van der Waals surface area contributed by atoms with Crippen LogP contribution in [-0.4, -0.2) is 38.1 Å². The number of anilines is 2. The van der Waals surface area contributed by atoms with Crippen LogP contribution in [-0.2, 0) is 0 Å². The van der Waals surface area contributed by atoms with Crippen LogP contribution in [0.5, 0.6) is 0 Å². The summed E-state index contributed by atoms with van der Waals surface area (Å²) in [5.74, 6) is -2.14. The van der Waals surface area contributed by atoms with Crippen LogP contribution >= 0.6 is 11.6 Å². The molecule has 0 bridgehead atoms. The van der Waals surface area contributed by atoms with E-state index in [4.69, 9.17) is 22.6 Å². The number of rotatable bonds is 5. The Morgan fingerprint density at radius 2 is 1.83 bits per heavy atom. The highest BCUT2D eigenvalue weighted by molar-refractivity contribution is 6.29. The fraction of sp³-hybridized carbons (Fsp3) is 0.429. The molecular formula is C14H16ClF3N6. The highest BCUT2D eigenvalue weighted by atomic mass is 35.5. The summed E-state index contributed by atoms with van der Waals surface area (Å²) in [5, 5.41) is 3.36. The predicted molar refractivity (Wildman–Crippen MR) is 86.0 cm³/mol. The lowest BCUT2D eigenvalue weighted by Crippen LogP contribution is -2.34. The third kappa shape index (κ3) is 4.92. The number of nitrogens with one attached hydrogen (secondary N) is 2. The molecule has 0 amide bonds. The molecule has 0 aromatic carbocycles. The molecule has 2 heterocycles.